The van der Waals surface area contributed by atoms with E-state index >= 15 is 0 Å². The summed E-state index contributed by atoms with van der Waals surface area (Å²) in [5.41, 5.74) is 2.40. The maximum Gasteiger partial charge on any atom is 0.146 e. The van der Waals surface area contributed by atoms with Crippen LogP contribution in [0.4, 0.5) is 0 Å². The minimum absolute atomic E-state index is 0.718. The van der Waals surface area contributed by atoms with E-state index in [1.807, 2.05) is 30.3 Å². The molecule has 6 nitrogen and oxygen atoms in total. The third-order valence-electron chi connectivity index (χ3n) is 3.11. The summed E-state index contributed by atoms with van der Waals surface area (Å²) >= 11 is 0. The minimum Gasteiger partial charge on any atom is -0.317 e. The van der Waals surface area contributed by atoms with Crippen molar-refractivity contribution in [2.24, 2.45) is 14.1 Å². The van der Waals surface area contributed by atoms with Crippen LogP contribution in [0.5, 0.6) is 0 Å². The van der Waals surface area contributed by atoms with E-state index in [2.05, 4.69) is 33.7 Å². The van der Waals surface area contributed by atoms with Gasteiger partial charge in [-0.3, -0.25) is 4.68 Å². The molecule has 2 aromatic heterocycles. The molecule has 2 rings (SSSR count). The molecule has 2 aromatic rings. The molecule has 0 saturated carbocycles. The van der Waals surface area contributed by atoms with Gasteiger partial charge in [0, 0.05) is 32.4 Å². The van der Waals surface area contributed by atoms with E-state index in [0.29, 0.717) is 0 Å². The van der Waals surface area contributed by atoms with Crippen molar-refractivity contribution in [2.75, 3.05) is 0 Å². The zero-order valence-corrected chi connectivity index (χ0v) is 11.4. The van der Waals surface area contributed by atoms with Crippen LogP contribution in [0.15, 0.2) is 6.20 Å². The van der Waals surface area contributed by atoms with Gasteiger partial charge in [0.05, 0.1) is 12.2 Å². The van der Waals surface area contributed by atoms with E-state index in [9.17, 15) is 0 Å². The topological polar surface area (TPSA) is 60.6 Å². The summed E-state index contributed by atoms with van der Waals surface area (Å²) in [6.07, 6.45) is 3.02. The lowest BCUT2D eigenvalue weighted by Gasteiger charge is -2.04. The minimum atomic E-state index is 0.718. The highest BCUT2D eigenvalue weighted by molar-refractivity contribution is 5.16. The number of aromatic nitrogens is 5. The highest BCUT2D eigenvalue weighted by Gasteiger charge is 2.07. The summed E-state index contributed by atoms with van der Waals surface area (Å²) in [7, 11) is 3.93. The molecule has 0 bridgehead atoms. The van der Waals surface area contributed by atoms with Crippen molar-refractivity contribution in [3.05, 3.63) is 29.1 Å². The summed E-state index contributed by atoms with van der Waals surface area (Å²) in [6.45, 7) is 5.60. The lowest BCUT2D eigenvalue weighted by atomic mass is 10.2. The molecular weight excluding hydrogens is 228 g/mol. The first-order valence-electron chi connectivity index (χ1n) is 6.18. The molecular formula is C12H20N6. The maximum atomic E-state index is 4.42. The van der Waals surface area contributed by atoms with Gasteiger partial charge < -0.3 is 9.88 Å². The van der Waals surface area contributed by atoms with Crippen LogP contribution < -0.4 is 5.32 Å². The Labute approximate surface area is 107 Å². The van der Waals surface area contributed by atoms with Crippen molar-refractivity contribution in [1.29, 1.82) is 0 Å². The summed E-state index contributed by atoms with van der Waals surface area (Å²) in [6, 6.07) is 0. The first-order valence-corrected chi connectivity index (χ1v) is 6.18. The number of nitrogens with one attached hydrogen (secondary N) is 1. The van der Waals surface area contributed by atoms with Gasteiger partial charge in [0.2, 0.25) is 0 Å². The first kappa shape index (κ1) is 12.8. The van der Waals surface area contributed by atoms with E-state index < -0.39 is 0 Å². The van der Waals surface area contributed by atoms with Crippen molar-refractivity contribution in [1.82, 2.24) is 29.9 Å². The third kappa shape index (κ3) is 2.59. The van der Waals surface area contributed by atoms with Crippen LogP contribution in [-0.2, 0) is 33.6 Å². The third-order valence-corrected chi connectivity index (χ3v) is 3.11. The van der Waals surface area contributed by atoms with E-state index in [1.165, 1.54) is 5.56 Å². The predicted octanol–water partition coefficient (Wildman–Crippen LogP) is 0.709. The van der Waals surface area contributed by atoms with Crippen molar-refractivity contribution in [3.63, 3.8) is 0 Å². The Hall–Kier alpha value is -1.69. The van der Waals surface area contributed by atoms with E-state index in [0.717, 1.165) is 36.9 Å². The van der Waals surface area contributed by atoms with Crippen LogP contribution in [0.1, 0.15) is 29.8 Å². The number of nitrogens with zero attached hydrogens (tertiary/aromatic N) is 5. The van der Waals surface area contributed by atoms with E-state index in [4.69, 9.17) is 0 Å². The average Bonchev–Trinajstić information content (AvgIpc) is 2.86. The van der Waals surface area contributed by atoms with Gasteiger partial charge >= 0.3 is 0 Å². The molecule has 18 heavy (non-hydrogen) atoms. The molecule has 0 aliphatic carbocycles. The molecule has 6 heteroatoms. The van der Waals surface area contributed by atoms with Crippen molar-refractivity contribution < 1.29 is 0 Å². The van der Waals surface area contributed by atoms with Crippen molar-refractivity contribution >= 4 is 0 Å². The van der Waals surface area contributed by atoms with Gasteiger partial charge in [0.1, 0.15) is 11.6 Å². The SMILES string of the molecule is CCc1nn(C)cc1CNCc1nnc(C)n1C. The molecule has 0 aliphatic heterocycles. The highest BCUT2D eigenvalue weighted by Crippen LogP contribution is 2.07. The maximum absolute atomic E-state index is 4.42. The fraction of sp³-hybridized carbons (Fsp3) is 0.583. The van der Waals surface area contributed by atoms with Crippen molar-refractivity contribution in [3.8, 4) is 0 Å². The normalized spacial score (nSPS) is 11.1. The average molecular weight is 248 g/mol. The van der Waals surface area contributed by atoms with Gasteiger partial charge in [-0.2, -0.15) is 5.10 Å². The fourth-order valence-corrected chi connectivity index (χ4v) is 1.94. The van der Waals surface area contributed by atoms with Crippen LogP contribution in [-0.4, -0.2) is 24.5 Å². The molecule has 0 aromatic carbocycles. The molecule has 0 fully saturated rings. The smallest absolute Gasteiger partial charge is 0.146 e. The van der Waals surface area contributed by atoms with Crippen LogP contribution in [0.3, 0.4) is 0 Å². The van der Waals surface area contributed by atoms with Crippen molar-refractivity contribution in [2.45, 2.75) is 33.4 Å². The molecule has 0 atom stereocenters. The van der Waals surface area contributed by atoms with Gasteiger partial charge in [-0.25, -0.2) is 0 Å². The molecule has 2 heterocycles. The Morgan fingerprint density at radius 3 is 2.61 bits per heavy atom. The second kappa shape index (κ2) is 5.30. The zero-order chi connectivity index (χ0) is 13.1. The second-order valence-electron chi connectivity index (χ2n) is 4.45. The van der Waals surface area contributed by atoms with Crippen LogP contribution in [0.25, 0.3) is 0 Å². The number of rotatable bonds is 5. The monoisotopic (exact) mass is 248 g/mol. The Kier molecular flexibility index (Phi) is 3.76. The first-order chi connectivity index (χ1) is 8.61. The van der Waals surface area contributed by atoms with Gasteiger partial charge in [-0.15, -0.1) is 10.2 Å². The highest BCUT2D eigenvalue weighted by atomic mass is 15.3. The standard InChI is InChI=1S/C12H20N6/c1-5-11-10(8-17(3)16-11)6-13-7-12-15-14-9(2)18(12)4/h8,13H,5-7H2,1-4H3. The Balaban J connectivity index is 1.94. The van der Waals surface area contributed by atoms with Gasteiger partial charge in [0.25, 0.3) is 0 Å². The zero-order valence-electron chi connectivity index (χ0n) is 11.4. The number of hydrogen-bond donors (Lipinski definition) is 1. The van der Waals surface area contributed by atoms with Crippen LogP contribution >= 0.6 is 0 Å². The molecule has 0 unspecified atom stereocenters. The predicted molar refractivity (Wildman–Crippen MR) is 68.9 cm³/mol. The molecule has 1 N–H and O–H groups in total. The lowest BCUT2D eigenvalue weighted by Crippen LogP contribution is -2.16. The molecule has 98 valence electrons. The van der Waals surface area contributed by atoms with E-state index in [-0.39, 0.29) is 0 Å². The Morgan fingerprint density at radius 2 is 2.00 bits per heavy atom. The second-order valence-corrected chi connectivity index (χ2v) is 4.45. The Morgan fingerprint density at radius 1 is 1.22 bits per heavy atom. The Bertz CT molecular complexity index is 525. The fourth-order valence-electron chi connectivity index (χ4n) is 1.94. The summed E-state index contributed by atoms with van der Waals surface area (Å²) in [5.74, 6) is 1.89. The van der Waals surface area contributed by atoms with Crippen LogP contribution in [0, 0.1) is 6.92 Å². The number of hydrogen-bond acceptors (Lipinski definition) is 4. The molecule has 0 radical (unpaired) electrons. The van der Waals surface area contributed by atoms with Gasteiger partial charge in [-0.05, 0) is 13.3 Å². The summed E-state index contributed by atoms with van der Waals surface area (Å²) < 4.78 is 3.86. The lowest BCUT2D eigenvalue weighted by molar-refractivity contribution is 0.631. The molecule has 0 saturated heterocycles. The molecule has 0 aliphatic rings. The molecule has 0 spiro atoms. The van der Waals surface area contributed by atoms with Crippen LogP contribution in [0.2, 0.25) is 0 Å². The molecule has 0 amide bonds. The largest absolute Gasteiger partial charge is 0.317 e. The number of aryl methyl sites for hydroxylation is 3. The van der Waals surface area contributed by atoms with Gasteiger partial charge in [-0.1, -0.05) is 6.92 Å². The van der Waals surface area contributed by atoms with Gasteiger partial charge in [0.15, 0.2) is 0 Å². The quantitative estimate of drug-likeness (QED) is 0.846. The van der Waals surface area contributed by atoms with E-state index in [1.54, 1.807) is 0 Å². The summed E-state index contributed by atoms with van der Waals surface area (Å²) in [4.78, 5) is 0. The summed E-state index contributed by atoms with van der Waals surface area (Å²) in [5, 5.41) is 16.0.